The molecular formula is C16H22N2O2. The SMILES string of the molecule is CCOC1CCCN(Cc2cc(C#N)ccc2OC)C1. The van der Waals surface area contributed by atoms with E-state index in [9.17, 15) is 0 Å². The number of methoxy groups -OCH3 is 1. The third-order valence-corrected chi connectivity index (χ3v) is 3.67. The van der Waals surface area contributed by atoms with Crippen LogP contribution in [0.4, 0.5) is 0 Å². The van der Waals surface area contributed by atoms with Crippen molar-refractivity contribution in [2.75, 3.05) is 26.8 Å². The van der Waals surface area contributed by atoms with Crippen LogP contribution in [0.5, 0.6) is 5.75 Å². The van der Waals surface area contributed by atoms with E-state index in [0.29, 0.717) is 11.7 Å². The molecule has 1 saturated heterocycles. The molecule has 1 aliphatic heterocycles. The Kier molecular flexibility index (Phi) is 5.40. The monoisotopic (exact) mass is 274 g/mol. The van der Waals surface area contributed by atoms with E-state index in [1.54, 1.807) is 13.2 Å². The fraction of sp³-hybridized carbons (Fsp3) is 0.562. The van der Waals surface area contributed by atoms with E-state index in [2.05, 4.69) is 11.0 Å². The Hall–Kier alpha value is -1.57. The van der Waals surface area contributed by atoms with Crippen LogP contribution >= 0.6 is 0 Å². The number of nitriles is 1. The molecule has 0 N–H and O–H groups in total. The van der Waals surface area contributed by atoms with Gasteiger partial charge in [0.2, 0.25) is 0 Å². The molecule has 0 aliphatic carbocycles. The number of likely N-dealkylation sites (tertiary alicyclic amines) is 1. The van der Waals surface area contributed by atoms with Gasteiger partial charge in [0, 0.05) is 25.3 Å². The summed E-state index contributed by atoms with van der Waals surface area (Å²) in [6.45, 7) is 5.64. The lowest BCUT2D eigenvalue weighted by molar-refractivity contribution is 0.00346. The smallest absolute Gasteiger partial charge is 0.123 e. The highest BCUT2D eigenvalue weighted by molar-refractivity contribution is 5.42. The van der Waals surface area contributed by atoms with Crippen molar-refractivity contribution in [3.63, 3.8) is 0 Å². The van der Waals surface area contributed by atoms with Gasteiger partial charge in [0.05, 0.1) is 24.8 Å². The standard InChI is InChI=1S/C16H22N2O2/c1-3-20-15-5-4-8-18(12-15)11-14-9-13(10-17)6-7-16(14)19-2/h6-7,9,15H,3-5,8,11-12H2,1-2H3. The van der Waals surface area contributed by atoms with Crippen LogP contribution in [0.2, 0.25) is 0 Å². The molecule has 1 aromatic carbocycles. The maximum absolute atomic E-state index is 9.02. The van der Waals surface area contributed by atoms with Crippen molar-refractivity contribution in [2.24, 2.45) is 0 Å². The Morgan fingerprint density at radius 2 is 2.30 bits per heavy atom. The molecule has 0 radical (unpaired) electrons. The molecule has 0 amide bonds. The van der Waals surface area contributed by atoms with Crippen molar-refractivity contribution in [2.45, 2.75) is 32.4 Å². The highest BCUT2D eigenvalue weighted by atomic mass is 16.5. The summed E-state index contributed by atoms with van der Waals surface area (Å²) in [6.07, 6.45) is 2.63. The average molecular weight is 274 g/mol. The van der Waals surface area contributed by atoms with Gasteiger partial charge in [-0.2, -0.15) is 5.26 Å². The number of piperidine rings is 1. The van der Waals surface area contributed by atoms with E-state index in [1.807, 2.05) is 19.1 Å². The summed E-state index contributed by atoms with van der Waals surface area (Å²) in [5, 5.41) is 9.02. The largest absolute Gasteiger partial charge is 0.496 e. The number of hydrogen-bond acceptors (Lipinski definition) is 4. The van der Waals surface area contributed by atoms with Crippen LogP contribution in [0, 0.1) is 11.3 Å². The van der Waals surface area contributed by atoms with E-state index in [4.69, 9.17) is 14.7 Å². The third-order valence-electron chi connectivity index (χ3n) is 3.67. The first-order chi connectivity index (χ1) is 9.76. The average Bonchev–Trinajstić information content (AvgIpc) is 2.48. The van der Waals surface area contributed by atoms with Gasteiger partial charge < -0.3 is 9.47 Å². The summed E-state index contributed by atoms with van der Waals surface area (Å²) in [5.41, 5.74) is 1.75. The van der Waals surface area contributed by atoms with Crippen LogP contribution in [-0.2, 0) is 11.3 Å². The Morgan fingerprint density at radius 1 is 1.45 bits per heavy atom. The minimum absolute atomic E-state index is 0.332. The fourth-order valence-corrected chi connectivity index (χ4v) is 2.74. The molecule has 1 fully saturated rings. The molecule has 108 valence electrons. The molecule has 1 unspecified atom stereocenters. The number of nitrogens with zero attached hydrogens (tertiary/aromatic N) is 2. The molecule has 4 nitrogen and oxygen atoms in total. The summed E-state index contributed by atoms with van der Waals surface area (Å²) in [5.74, 6) is 0.850. The summed E-state index contributed by atoms with van der Waals surface area (Å²) >= 11 is 0. The first-order valence-electron chi connectivity index (χ1n) is 7.17. The number of benzene rings is 1. The number of rotatable bonds is 5. The molecule has 0 aromatic heterocycles. The quantitative estimate of drug-likeness (QED) is 0.828. The minimum atomic E-state index is 0.332. The van der Waals surface area contributed by atoms with Gasteiger partial charge in [-0.1, -0.05) is 0 Å². The van der Waals surface area contributed by atoms with Crippen molar-refractivity contribution in [3.8, 4) is 11.8 Å². The van der Waals surface area contributed by atoms with E-state index >= 15 is 0 Å². The summed E-state index contributed by atoms with van der Waals surface area (Å²) in [6, 6.07) is 7.77. The Labute approximate surface area is 120 Å². The van der Waals surface area contributed by atoms with Crippen LogP contribution in [0.25, 0.3) is 0 Å². The van der Waals surface area contributed by atoms with Crippen molar-refractivity contribution < 1.29 is 9.47 Å². The zero-order valence-corrected chi connectivity index (χ0v) is 12.3. The van der Waals surface area contributed by atoms with Crippen molar-refractivity contribution in [3.05, 3.63) is 29.3 Å². The predicted octanol–water partition coefficient (Wildman–Crippen LogP) is 2.57. The Bertz CT molecular complexity index is 480. The highest BCUT2D eigenvalue weighted by Crippen LogP contribution is 2.23. The van der Waals surface area contributed by atoms with Crippen molar-refractivity contribution in [1.82, 2.24) is 4.90 Å². The van der Waals surface area contributed by atoms with E-state index in [-0.39, 0.29) is 0 Å². The highest BCUT2D eigenvalue weighted by Gasteiger charge is 2.21. The molecule has 1 aromatic rings. The Morgan fingerprint density at radius 3 is 3.00 bits per heavy atom. The molecule has 0 spiro atoms. The van der Waals surface area contributed by atoms with E-state index in [1.165, 1.54) is 0 Å². The first kappa shape index (κ1) is 14.8. The summed E-state index contributed by atoms with van der Waals surface area (Å²) in [7, 11) is 1.67. The second-order valence-electron chi connectivity index (χ2n) is 5.09. The second-order valence-corrected chi connectivity index (χ2v) is 5.09. The van der Waals surface area contributed by atoms with Gasteiger partial charge in [0.25, 0.3) is 0 Å². The molecule has 1 atom stereocenters. The fourth-order valence-electron chi connectivity index (χ4n) is 2.74. The van der Waals surface area contributed by atoms with Gasteiger partial charge in [0.1, 0.15) is 5.75 Å². The van der Waals surface area contributed by atoms with Crippen LogP contribution in [0.3, 0.4) is 0 Å². The normalized spacial score (nSPS) is 19.6. The molecule has 4 heteroatoms. The van der Waals surface area contributed by atoms with E-state index in [0.717, 1.165) is 50.4 Å². The lowest BCUT2D eigenvalue weighted by Crippen LogP contribution is -2.39. The van der Waals surface area contributed by atoms with Gasteiger partial charge in [-0.25, -0.2) is 0 Å². The van der Waals surface area contributed by atoms with Crippen LogP contribution in [0.15, 0.2) is 18.2 Å². The second kappa shape index (κ2) is 7.28. The Balaban J connectivity index is 2.07. The molecule has 2 rings (SSSR count). The van der Waals surface area contributed by atoms with Crippen molar-refractivity contribution >= 4 is 0 Å². The van der Waals surface area contributed by atoms with Crippen LogP contribution in [0.1, 0.15) is 30.9 Å². The van der Waals surface area contributed by atoms with Gasteiger partial charge in [-0.05, 0) is 44.5 Å². The minimum Gasteiger partial charge on any atom is -0.496 e. The predicted molar refractivity (Wildman–Crippen MR) is 77.6 cm³/mol. The number of ether oxygens (including phenoxy) is 2. The maximum atomic E-state index is 9.02. The summed E-state index contributed by atoms with van der Waals surface area (Å²) in [4.78, 5) is 2.38. The lowest BCUT2D eigenvalue weighted by atomic mass is 10.1. The molecule has 20 heavy (non-hydrogen) atoms. The van der Waals surface area contributed by atoms with Gasteiger partial charge in [0.15, 0.2) is 0 Å². The van der Waals surface area contributed by atoms with E-state index < -0.39 is 0 Å². The zero-order chi connectivity index (χ0) is 14.4. The molecule has 1 heterocycles. The van der Waals surface area contributed by atoms with Gasteiger partial charge in [-0.15, -0.1) is 0 Å². The van der Waals surface area contributed by atoms with Gasteiger partial charge in [-0.3, -0.25) is 4.90 Å². The van der Waals surface area contributed by atoms with Crippen LogP contribution < -0.4 is 4.74 Å². The topological polar surface area (TPSA) is 45.5 Å². The molecule has 1 aliphatic rings. The van der Waals surface area contributed by atoms with Crippen LogP contribution in [-0.4, -0.2) is 37.8 Å². The molecular weight excluding hydrogens is 252 g/mol. The lowest BCUT2D eigenvalue weighted by Gasteiger charge is -2.32. The first-order valence-corrected chi connectivity index (χ1v) is 7.17. The zero-order valence-electron chi connectivity index (χ0n) is 12.3. The van der Waals surface area contributed by atoms with Gasteiger partial charge >= 0.3 is 0 Å². The van der Waals surface area contributed by atoms with Crippen molar-refractivity contribution in [1.29, 1.82) is 5.26 Å². The maximum Gasteiger partial charge on any atom is 0.123 e. The molecule has 0 saturated carbocycles. The number of hydrogen-bond donors (Lipinski definition) is 0. The molecule has 0 bridgehead atoms. The third kappa shape index (κ3) is 3.72. The summed E-state index contributed by atoms with van der Waals surface area (Å²) < 4.78 is 11.1.